The minimum absolute atomic E-state index is 0.467. The molecule has 142 valence electrons. The van der Waals surface area contributed by atoms with Gasteiger partial charge in [-0.15, -0.1) is 11.3 Å². The summed E-state index contributed by atoms with van der Waals surface area (Å²) < 4.78 is 0. The second-order valence-corrected chi connectivity index (χ2v) is 7.17. The molecule has 0 fully saturated rings. The fraction of sp³-hybridized carbons (Fsp3) is 0.500. The lowest BCUT2D eigenvalue weighted by molar-refractivity contribution is 0.709. The number of pyridine rings is 1. The summed E-state index contributed by atoms with van der Waals surface area (Å²) in [6.45, 7) is 12.9. The number of nitrogens with one attached hydrogen (secondary N) is 2. The Labute approximate surface area is 161 Å². The summed E-state index contributed by atoms with van der Waals surface area (Å²) in [5.41, 5.74) is 1.12. The van der Waals surface area contributed by atoms with Crippen LogP contribution in [0.1, 0.15) is 44.1 Å². The smallest absolute Gasteiger partial charge is 0.191 e. The number of nitrogens with zero attached hydrogens (tertiary/aromatic N) is 3. The van der Waals surface area contributed by atoms with Crippen molar-refractivity contribution in [3.8, 4) is 0 Å². The average Bonchev–Trinajstić information content (AvgIpc) is 3.20. The third-order valence-corrected chi connectivity index (χ3v) is 5.37. The summed E-state index contributed by atoms with van der Waals surface area (Å²) >= 11 is 1.80. The number of rotatable bonds is 9. The van der Waals surface area contributed by atoms with Gasteiger partial charge in [-0.25, -0.2) is 9.98 Å². The molecule has 2 N–H and O–H groups in total. The molecule has 0 aliphatic rings. The molecule has 2 aromatic rings. The van der Waals surface area contributed by atoms with Gasteiger partial charge in [0.2, 0.25) is 0 Å². The van der Waals surface area contributed by atoms with Crippen LogP contribution in [0.3, 0.4) is 0 Å². The van der Waals surface area contributed by atoms with E-state index in [4.69, 9.17) is 4.99 Å². The topological polar surface area (TPSA) is 52.6 Å². The molecule has 5 nitrogen and oxygen atoms in total. The van der Waals surface area contributed by atoms with E-state index in [0.717, 1.165) is 43.5 Å². The first kappa shape index (κ1) is 20.2. The third-order valence-electron chi connectivity index (χ3n) is 4.27. The van der Waals surface area contributed by atoms with Gasteiger partial charge in [0.25, 0.3) is 0 Å². The molecule has 0 radical (unpaired) electrons. The monoisotopic (exact) mass is 373 g/mol. The van der Waals surface area contributed by atoms with E-state index in [0.29, 0.717) is 12.5 Å². The van der Waals surface area contributed by atoms with Crippen LogP contribution in [-0.4, -0.2) is 37.1 Å². The van der Waals surface area contributed by atoms with Gasteiger partial charge >= 0.3 is 0 Å². The lowest BCUT2D eigenvalue weighted by Gasteiger charge is -2.19. The standard InChI is InChI=1S/C20H31N5S/c1-5-21-20(23-13-16(4)18-9-8-12-26-18)24-15-17-10-11-19(22-14-17)25(6-2)7-3/h8-12,14,16H,5-7,13,15H2,1-4H3,(H2,21,23,24). The number of thiophene rings is 1. The van der Waals surface area contributed by atoms with Crippen LogP contribution in [0.2, 0.25) is 0 Å². The molecular formula is C20H31N5S. The molecule has 2 rings (SSSR count). The van der Waals surface area contributed by atoms with Crippen LogP contribution in [0.15, 0.2) is 40.8 Å². The number of guanidine groups is 1. The second kappa shape index (κ2) is 10.8. The Hall–Kier alpha value is -2.08. The van der Waals surface area contributed by atoms with Gasteiger partial charge in [0, 0.05) is 43.2 Å². The predicted molar refractivity (Wildman–Crippen MR) is 113 cm³/mol. The average molecular weight is 374 g/mol. The minimum Gasteiger partial charge on any atom is -0.357 e. The van der Waals surface area contributed by atoms with Crippen molar-refractivity contribution in [3.63, 3.8) is 0 Å². The summed E-state index contributed by atoms with van der Waals surface area (Å²) in [5, 5.41) is 8.88. The number of hydrogen-bond donors (Lipinski definition) is 2. The molecule has 0 aliphatic carbocycles. The van der Waals surface area contributed by atoms with Crippen LogP contribution in [0.4, 0.5) is 5.82 Å². The Balaban J connectivity index is 1.93. The van der Waals surface area contributed by atoms with Gasteiger partial charge in [-0.1, -0.05) is 19.1 Å². The van der Waals surface area contributed by atoms with Crippen LogP contribution >= 0.6 is 11.3 Å². The molecule has 6 heteroatoms. The summed E-state index contributed by atoms with van der Waals surface area (Å²) in [6, 6.07) is 8.48. The Morgan fingerprint density at radius 2 is 2.00 bits per heavy atom. The largest absolute Gasteiger partial charge is 0.357 e. The van der Waals surface area contributed by atoms with Crippen molar-refractivity contribution in [3.05, 3.63) is 46.3 Å². The van der Waals surface area contributed by atoms with Crippen molar-refractivity contribution >= 4 is 23.1 Å². The van der Waals surface area contributed by atoms with Crippen LogP contribution in [0, 0.1) is 0 Å². The maximum Gasteiger partial charge on any atom is 0.191 e. The number of anilines is 1. The van der Waals surface area contributed by atoms with Crippen molar-refractivity contribution in [1.29, 1.82) is 0 Å². The minimum atomic E-state index is 0.467. The molecule has 0 amide bonds. The molecular weight excluding hydrogens is 342 g/mol. The fourth-order valence-electron chi connectivity index (χ4n) is 2.68. The van der Waals surface area contributed by atoms with E-state index in [2.05, 4.69) is 77.9 Å². The quantitative estimate of drug-likeness (QED) is 0.518. The molecule has 0 bridgehead atoms. The first-order valence-electron chi connectivity index (χ1n) is 9.43. The van der Waals surface area contributed by atoms with Crippen molar-refractivity contribution in [2.75, 3.05) is 31.1 Å². The number of aromatic nitrogens is 1. The fourth-order valence-corrected chi connectivity index (χ4v) is 3.47. The van der Waals surface area contributed by atoms with Gasteiger partial charge < -0.3 is 15.5 Å². The highest BCUT2D eigenvalue weighted by atomic mass is 32.1. The Kier molecular flexibility index (Phi) is 8.41. The van der Waals surface area contributed by atoms with Crippen LogP contribution in [0.25, 0.3) is 0 Å². The highest BCUT2D eigenvalue weighted by Crippen LogP contribution is 2.19. The molecule has 0 saturated heterocycles. The van der Waals surface area contributed by atoms with Crippen molar-refractivity contribution in [2.24, 2.45) is 4.99 Å². The zero-order valence-corrected chi connectivity index (χ0v) is 17.1. The van der Waals surface area contributed by atoms with Crippen LogP contribution < -0.4 is 15.5 Å². The van der Waals surface area contributed by atoms with E-state index in [9.17, 15) is 0 Å². The summed E-state index contributed by atoms with van der Waals surface area (Å²) in [6.07, 6.45) is 1.93. The van der Waals surface area contributed by atoms with Gasteiger partial charge in [-0.3, -0.25) is 0 Å². The van der Waals surface area contributed by atoms with Gasteiger partial charge in [-0.05, 0) is 43.8 Å². The first-order chi connectivity index (χ1) is 12.7. The molecule has 2 heterocycles. The molecule has 0 aliphatic heterocycles. The molecule has 0 spiro atoms. The Bertz CT molecular complexity index is 647. The van der Waals surface area contributed by atoms with E-state index in [-0.39, 0.29) is 0 Å². The van der Waals surface area contributed by atoms with E-state index in [1.54, 1.807) is 11.3 Å². The van der Waals surface area contributed by atoms with E-state index >= 15 is 0 Å². The SMILES string of the molecule is CCNC(=NCc1ccc(N(CC)CC)nc1)NCC(C)c1cccs1. The molecule has 2 aromatic heterocycles. The molecule has 1 atom stereocenters. The summed E-state index contributed by atoms with van der Waals surface area (Å²) in [5.74, 6) is 2.34. The van der Waals surface area contributed by atoms with Crippen molar-refractivity contribution in [2.45, 2.75) is 40.2 Å². The number of aliphatic imine (C=N–C) groups is 1. The van der Waals surface area contributed by atoms with E-state index in [1.807, 2.05) is 6.20 Å². The Morgan fingerprint density at radius 3 is 2.58 bits per heavy atom. The summed E-state index contributed by atoms with van der Waals surface area (Å²) in [7, 11) is 0. The van der Waals surface area contributed by atoms with Crippen molar-refractivity contribution in [1.82, 2.24) is 15.6 Å². The third kappa shape index (κ3) is 6.02. The zero-order valence-electron chi connectivity index (χ0n) is 16.3. The molecule has 1 unspecified atom stereocenters. The second-order valence-electron chi connectivity index (χ2n) is 6.19. The van der Waals surface area contributed by atoms with Gasteiger partial charge in [0.05, 0.1) is 6.54 Å². The summed E-state index contributed by atoms with van der Waals surface area (Å²) in [4.78, 5) is 12.9. The predicted octanol–water partition coefficient (Wildman–Crippen LogP) is 3.85. The lowest BCUT2D eigenvalue weighted by atomic mass is 10.1. The molecule has 0 aromatic carbocycles. The highest BCUT2D eigenvalue weighted by Gasteiger charge is 2.08. The highest BCUT2D eigenvalue weighted by molar-refractivity contribution is 7.10. The van der Waals surface area contributed by atoms with E-state index in [1.165, 1.54) is 4.88 Å². The molecule has 0 saturated carbocycles. The zero-order chi connectivity index (χ0) is 18.8. The van der Waals surface area contributed by atoms with Gasteiger partial charge in [0.1, 0.15) is 5.82 Å². The maximum absolute atomic E-state index is 4.70. The maximum atomic E-state index is 4.70. The lowest BCUT2D eigenvalue weighted by Crippen LogP contribution is -2.39. The first-order valence-corrected chi connectivity index (χ1v) is 10.3. The normalized spacial score (nSPS) is 12.7. The van der Waals surface area contributed by atoms with Crippen LogP contribution in [-0.2, 0) is 6.54 Å². The van der Waals surface area contributed by atoms with Crippen molar-refractivity contribution < 1.29 is 0 Å². The van der Waals surface area contributed by atoms with Gasteiger partial charge in [0.15, 0.2) is 5.96 Å². The van der Waals surface area contributed by atoms with Gasteiger partial charge in [-0.2, -0.15) is 0 Å². The Morgan fingerprint density at radius 1 is 1.19 bits per heavy atom. The number of hydrogen-bond acceptors (Lipinski definition) is 4. The molecule has 26 heavy (non-hydrogen) atoms. The van der Waals surface area contributed by atoms with Crippen LogP contribution in [0.5, 0.6) is 0 Å². The van der Waals surface area contributed by atoms with E-state index < -0.39 is 0 Å².